The quantitative estimate of drug-likeness (QED) is 0.0259. The molecule has 2 fully saturated rings. The number of aliphatic hydroxyl groups excluding tert-OH is 8. The molecule has 12 unspecified atom stereocenters. The predicted octanol–water partition coefficient (Wildman–Crippen LogP) is 12.8. The zero-order chi connectivity index (χ0) is 57.4. The molecule has 0 saturated carbocycles. The number of nitrogens with one attached hydrogen (secondary N) is 1. The molecule has 1 amide bonds. The molecule has 0 aromatic carbocycles. The van der Waals surface area contributed by atoms with Crippen molar-refractivity contribution in [3.63, 3.8) is 0 Å². The first-order valence-electron chi connectivity index (χ1n) is 33.8. The van der Waals surface area contributed by atoms with Gasteiger partial charge in [0.05, 0.1) is 32.0 Å². The van der Waals surface area contributed by atoms with Gasteiger partial charge in [-0.15, -0.1) is 0 Å². The first-order valence-corrected chi connectivity index (χ1v) is 33.8. The molecule has 0 bridgehead atoms. The molecule has 2 rings (SSSR count). The molecule has 0 aromatic heterocycles. The average Bonchev–Trinajstić information content (AvgIpc) is 3.52. The first-order chi connectivity index (χ1) is 38.6. The van der Waals surface area contributed by atoms with Crippen LogP contribution in [0, 0.1) is 0 Å². The molecule has 14 heteroatoms. The molecule has 0 spiro atoms. The first kappa shape index (κ1) is 74.1. The van der Waals surface area contributed by atoms with E-state index in [0.717, 1.165) is 51.4 Å². The monoisotopic (exact) mass is 1130 g/mol. The molecular weight excluding hydrogens is 1000 g/mol. The second-order valence-corrected chi connectivity index (χ2v) is 24.3. The Morgan fingerprint density at radius 2 is 0.722 bits per heavy atom. The molecular formula is C65H127NO13. The van der Waals surface area contributed by atoms with E-state index in [4.69, 9.17) is 18.9 Å². The van der Waals surface area contributed by atoms with Gasteiger partial charge in [-0.25, -0.2) is 0 Å². The summed E-state index contributed by atoms with van der Waals surface area (Å²) < 4.78 is 22.9. The van der Waals surface area contributed by atoms with Gasteiger partial charge in [-0.1, -0.05) is 296 Å². The van der Waals surface area contributed by atoms with Crippen LogP contribution < -0.4 is 5.32 Å². The maximum Gasteiger partial charge on any atom is 0.220 e. The van der Waals surface area contributed by atoms with Gasteiger partial charge in [0, 0.05) is 6.42 Å². The fourth-order valence-corrected chi connectivity index (χ4v) is 11.7. The Morgan fingerprint density at radius 1 is 0.405 bits per heavy atom. The van der Waals surface area contributed by atoms with Crippen LogP contribution in [-0.2, 0) is 23.7 Å². The Labute approximate surface area is 483 Å². The van der Waals surface area contributed by atoms with Gasteiger partial charge in [0.15, 0.2) is 12.6 Å². The summed E-state index contributed by atoms with van der Waals surface area (Å²) in [6.07, 6.45) is 42.7. The Hall–Kier alpha value is -1.01. The van der Waals surface area contributed by atoms with E-state index in [0.29, 0.717) is 12.8 Å². The van der Waals surface area contributed by atoms with Crippen LogP contribution in [0.15, 0.2) is 0 Å². The fourth-order valence-electron chi connectivity index (χ4n) is 11.7. The number of carbonyl (C=O) groups excluding carboxylic acids is 1. The van der Waals surface area contributed by atoms with Crippen LogP contribution in [-0.4, -0.2) is 140 Å². The lowest BCUT2D eigenvalue weighted by Crippen LogP contribution is -2.65. The van der Waals surface area contributed by atoms with E-state index in [2.05, 4.69) is 19.2 Å². The van der Waals surface area contributed by atoms with E-state index in [1.165, 1.54) is 238 Å². The molecule has 9 N–H and O–H groups in total. The number of ether oxygens (including phenoxy) is 4. The SMILES string of the molecule is CCCCCCCCCCCCCCCCCCCCCCCCCCCCCCCCC(=O)NC(COC1OC(CO)C(OC2OC(CO)C(O)C(O)C2O)C(O)C1O)C(O)CCCCCCCCCCCCCCCCC. The fraction of sp³-hybridized carbons (Fsp3) is 0.985. The molecule has 12 atom stereocenters. The molecule has 2 aliphatic rings. The third-order valence-corrected chi connectivity index (χ3v) is 17.1. The summed E-state index contributed by atoms with van der Waals surface area (Å²) in [7, 11) is 0. The highest BCUT2D eigenvalue weighted by Gasteiger charge is 2.51. The summed E-state index contributed by atoms with van der Waals surface area (Å²) in [5.74, 6) is -0.198. The van der Waals surface area contributed by atoms with Crippen molar-refractivity contribution in [2.45, 2.75) is 389 Å². The summed E-state index contributed by atoms with van der Waals surface area (Å²) >= 11 is 0. The highest BCUT2D eigenvalue weighted by atomic mass is 16.7. The van der Waals surface area contributed by atoms with Crippen molar-refractivity contribution in [2.75, 3.05) is 19.8 Å². The number of unbranched alkanes of at least 4 members (excludes halogenated alkanes) is 43. The molecule has 79 heavy (non-hydrogen) atoms. The topological polar surface area (TPSA) is 228 Å². The second kappa shape index (κ2) is 51.4. The third kappa shape index (κ3) is 36.4. The summed E-state index contributed by atoms with van der Waals surface area (Å²) in [5, 5.41) is 87.4. The lowest BCUT2D eigenvalue weighted by Gasteiger charge is -2.46. The molecule has 470 valence electrons. The van der Waals surface area contributed by atoms with Crippen molar-refractivity contribution in [3.05, 3.63) is 0 Å². The Bertz CT molecular complexity index is 1330. The Kier molecular flexibility index (Phi) is 48.2. The number of hydrogen-bond acceptors (Lipinski definition) is 13. The molecule has 2 aliphatic heterocycles. The van der Waals surface area contributed by atoms with Crippen molar-refractivity contribution < 1.29 is 64.6 Å². The van der Waals surface area contributed by atoms with E-state index in [1.807, 2.05) is 0 Å². The van der Waals surface area contributed by atoms with Crippen molar-refractivity contribution in [1.29, 1.82) is 0 Å². The summed E-state index contributed by atoms with van der Waals surface area (Å²) in [6, 6.07) is -0.823. The predicted molar refractivity (Wildman–Crippen MR) is 319 cm³/mol. The maximum absolute atomic E-state index is 13.3. The van der Waals surface area contributed by atoms with Gasteiger partial charge in [-0.3, -0.25) is 4.79 Å². The maximum atomic E-state index is 13.3. The summed E-state index contributed by atoms with van der Waals surface area (Å²) in [6.45, 7) is 2.91. The number of aliphatic hydroxyl groups is 8. The van der Waals surface area contributed by atoms with Crippen LogP contribution in [0.1, 0.15) is 316 Å². The number of amides is 1. The van der Waals surface area contributed by atoms with Crippen LogP contribution in [0.3, 0.4) is 0 Å². The van der Waals surface area contributed by atoms with Gasteiger partial charge in [0.1, 0.15) is 48.8 Å². The average molecular weight is 1130 g/mol. The van der Waals surface area contributed by atoms with E-state index in [1.54, 1.807) is 0 Å². The van der Waals surface area contributed by atoms with Crippen molar-refractivity contribution in [1.82, 2.24) is 5.32 Å². The zero-order valence-electron chi connectivity index (χ0n) is 50.9. The van der Waals surface area contributed by atoms with Crippen LogP contribution in [0.2, 0.25) is 0 Å². The van der Waals surface area contributed by atoms with E-state index >= 15 is 0 Å². The van der Waals surface area contributed by atoms with Crippen molar-refractivity contribution >= 4 is 5.91 Å². The number of hydrogen-bond donors (Lipinski definition) is 9. The highest BCUT2D eigenvalue weighted by molar-refractivity contribution is 5.76. The molecule has 0 radical (unpaired) electrons. The lowest BCUT2D eigenvalue weighted by atomic mass is 9.97. The smallest absolute Gasteiger partial charge is 0.220 e. The van der Waals surface area contributed by atoms with E-state index in [9.17, 15) is 45.6 Å². The highest BCUT2D eigenvalue weighted by Crippen LogP contribution is 2.30. The second-order valence-electron chi connectivity index (χ2n) is 24.3. The van der Waals surface area contributed by atoms with Crippen LogP contribution >= 0.6 is 0 Å². The van der Waals surface area contributed by atoms with Crippen LogP contribution in [0.25, 0.3) is 0 Å². The minimum Gasteiger partial charge on any atom is -0.394 e. The molecule has 0 aliphatic carbocycles. The molecule has 0 aromatic rings. The lowest BCUT2D eigenvalue weighted by molar-refractivity contribution is -0.359. The minimum absolute atomic E-state index is 0.198. The van der Waals surface area contributed by atoms with Crippen LogP contribution in [0.4, 0.5) is 0 Å². The minimum atomic E-state index is -1.78. The van der Waals surface area contributed by atoms with Crippen molar-refractivity contribution in [2.24, 2.45) is 0 Å². The van der Waals surface area contributed by atoms with Gasteiger partial charge in [-0.2, -0.15) is 0 Å². The van der Waals surface area contributed by atoms with Gasteiger partial charge < -0.3 is 65.1 Å². The largest absolute Gasteiger partial charge is 0.394 e. The Morgan fingerprint density at radius 3 is 1.08 bits per heavy atom. The normalized spacial score (nSPS) is 24.3. The number of rotatable bonds is 56. The molecule has 2 saturated heterocycles. The van der Waals surface area contributed by atoms with Gasteiger partial charge in [0.2, 0.25) is 5.91 Å². The standard InChI is InChI=1S/C65H127NO13/c1-3-5-7-9-11-13-15-17-19-20-21-22-23-24-25-26-27-28-29-30-31-32-33-35-37-39-41-43-45-47-49-57(70)66-53(54(69)48-46-44-42-40-38-36-34-18-16-14-12-10-8-6-4-2)52-76-64-62(75)60(73)63(56(51-68)78-64)79-65-61(74)59(72)58(71)55(50-67)77-65/h53-56,58-65,67-69,71-75H,3-52H2,1-2H3,(H,66,70). The van der Waals surface area contributed by atoms with Gasteiger partial charge >= 0.3 is 0 Å². The van der Waals surface area contributed by atoms with Crippen molar-refractivity contribution in [3.8, 4) is 0 Å². The van der Waals surface area contributed by atoms with E-state index in [-0.39, 0.29) is 12.5 Å². The van der Waals surface area contributed by atoms with Crippen LogP contribution in [0.5, 0.6) is 0 Å². The van der Waals surface area contributed by atoms with E-state index < -0.39 is 86.8 Å². The zero-order valence-corrected chi connectivity index (χ0v) is 50.9. The summed E-state index contributed by atoms with van der Waals surface area (Å²) in [5.41, 5.74) is 0. The van der Waals surface area contributed by atoms with Gasteiger partial charge in [-0.05, 0) is 12.8 Å². The van der Waals surface area contributed by atoms with Gasteiger partial charge in [0.25, 0.3) is 0 Å². The molecule has 14 nitrogen and oxygen atoms in total. The summed E-state index contributed by atoms with van der Waals surface area (Å²) in [4.78, 5) is 13.3. The third-order valence-electron chi connectivity index (χ3n) is 17.1. The number of carbonyl (C=O) groups is 1. The Balaban J connectivity index is 1.63. The molecule has 2 heterocycles.